The molecule has 2 aromatic carbocycles. The highest BCUT2D eigenvalue weighted by Crippen LogP contribution is 2.25. The third-order valence-electron chi connectivity index (χ3n) is 5.25. The molecule has 1 aliphatic rings. The first-order valence-corrected chi connectivity index (χ1v) is 11.4. The number of nitro groups is 1. The molecule has 3 rings (SSSR count). The molecule has 1 heterocycles. The lowest BCUT2D eigenvalue weighted by Gasteiger charge is -2.33. The Labute approximate surface area is 190 Å². The molecule has 0 N–H and O–H groups in total. The Balaban J connectivity index is 1.67. The zero-order valence-corrected chi connectivity index (χ0v) is 18.9. The monoisotopic (exact) mass is 477 g/mol. The van der Waals surface area contributed by atoms with E-state index in [0.29, 0.717) is 24.4 Å². The molecule has 176 valence electrons. The van der Waals surface area contributed by atoms with Crippen LogP contribution in [0.1, 0.15) is 22.8 Å². The van der Waals surface area contributed by atoms with Gasteiger partial charge in [-0.25, -0.2) is 13.2 Å². The second kappa shape index (κ2) is 9.96. The molecule has 1 saturated heterocycles. The Kier molecular flexibility index (Phi) is 7.29. The number of carbonyl (C=O) groups excluding carboxylic acids is 2. The maximum atomic E-state index is 12.9. The summed E-state index contributed by atoms with van der Waals surface area (Å²) in [5.74, 6) is -0.486. The summed E-state index contributed by atoms with van der Waals surface area (Å²) in [5.41, 5.74) is 0.282. The molecule has 0 spiro atoms. The lowest BCUT2D eigenvalue weighted by Crippen LogP contribution is -2.49. The molecule has 2 aromatic rings. The van der Waals surface area contributed by atoms with Crippen molar-refractivity contribution < 1.29 is 32.4 Å². The number of non-ortho nitro benzene ring substituents is 1. The molecule has 11 nitrogen and oxygen atoms in total. The Morgan fingerprint density at radius 3 is 2.24 bits per heavy atom. The first kappa shape index (κ1) is 24.1. The number of rotatable bonds is 7. The maximum absolute atomic E-state index is 12.9. The molecular weight excluding hydrogens is 454 g/mol. The lowest BCUT2D eigenvalue weighted by atomic mass is 10.2. The molecule has 0 saturated carbocycles. The number of methoxy groups -OCH3 is 1. The van der Waals surface area contributed by atoms with Crippen LogP contribution in [0.5, 0.6) is 5.75 Å². The SMILES string of the molecule is COc1ccc([N+](=O)[O-])cc1COC(=O)c1ccc(S(=O)(=O)N2CCN(C(C)=O)CC2)cc1. The fourth-order valence-corrected chi connectivity index (χ4v) is 4.80. The summed E-state index contributed by atoms with van der Waals surface area (Å²) >= 11 is 0. The van der Waals surface area contributed by atoms with Gasteiger partial charge in [0.2, 0.25) is 15.9 Å². The van der Waals surface area contributed by atoms with Gasteiger partial charge in [0.25, 0.3) is 5.69 Å². The number of benzene rings is 2. The number of hydrogen-bond acceptors (Lipinski definition) is 8. The minimum absolute atomic E-state index is 0.0238. The minimum Gasteiger partial charge on any atom is -0.496 e. The predicted octanol–water partition coefficient (Wildman–Crippen LogP) is 1.81. The fraction of sp³-hybridized carbons (Fsp3) is 0.333. The second-order valence-corrected chi connectivity index (χ2v) is 9.20. The van der Waals surface area contributed by atoms with Gasteiger partial charge < -0.3 is 14.4 Å². The van der Waals surface area contributed by atoms with Crippen LogP contribution in [0.25, 0.3) is 0 Å². The smallest absolute Gasteiger partial charge is 0.338 e. The number of carbonyl (C=O) groups is 2. The van der Waals surface area contributed by atoms with E-state index in [1.165, 1.54) is 60.8 Å². The Bertz CT molecular complexity index is 1160. The van der Waals surface area contributed by atoms with Gasteiger partial charge in [0.15, 0.2) is 0 Å². The normalized spacial score (nSPS) is 14.5. The van der Waals surface area contributed by atoms with Gasteiger partial charge in [-0.15, -0.1) is 0 Å². The number of piperazine rings is 1. The maximum Gasteiger partial charge on any atom is 0.338 e. The van der Waals surface area contributed by atoms with Crippen LogP contribution in [0, 0.1) is 10.1 Å². The highest BCUT2D eigenvalue weighted by Gasteiger charge is 2.29. The first-order chi connectivity index (χ1) is 15.6. The molecule has 33 heavy (non-hydrogen) atoms. The molecule has 1 amide bonds. The summed E-state index contributed by atoms with van der Waals surface area (Å²) in [6, 6.07) is 9.26. The van der Waals surface area contributed by atoms with E-state index in [1.54, 1.807) is 4.90 Å². The average molecular weight is 477 g/mol. The highest BCUT2D eigenvalue weighted by atomic mass is 32.2. The molecule has 0 aromatic heterocycles. The Morgan fingerprint density at radius 1 is 1.06 bits per heavy atom. The summed E-state index contributed by atoms with van der Waals surface area (Å²) < 4.78 is 37.4. The number of esters is 1. The van der Waals surface area contributed by atoms with E-state index in [0.717, 1.165) is 0 Å². The number of sulfonamides is 1. The fourth-order valence-electron chi connectivity index (χ4n) is 3.37. The summed E-state index contributed by atoms with van der Waals surface area (Å²) in [5, 5.41) is 11.0. The van der Waals surface area contributed by atoms with Crippen LogP contribution in [0.3, 0.4) is 0 Å². The molecule has 0 bridgehead atoms. The van der Waals surface area contributed by atoms with Crippen molar-refractivity contribution in [2.45, 2.75) is 18.4 Å². The number of nitrogens with zero attached hydrogens (tertiary/aromatic N) is 3. The van der Waals surface area contributed by atoms with Crippen molar-refractivity contribution in [1.29, 1.82) is 0 Å². The zero-order chi connectivity index (χ0) is 24.2. The number of amides is 1. The van der Waals surface area contributed by atoms with Crippen molar-refractivity contribution in [2.75, 3.05) is 33.3 Å². The number of ether oxygens (including phenoxy) is 2. The van der Waals surface area contributed by atoms with Crippen LogP contribution in [0.4, 0.5) is 5.69 Å². The topological polar surface area (TPSA) is 136 Å². The first-order valence-electron chi connectivity index (χ1n) is 9.97. The summed E-state index contributed by atoms with van der Waals surface area (Å²) in [6.45, 7) is 2.20. The van der Waals surface area contributed by atoms with E-state index in [4.69, 9.17) is 9.47 Å². The summed E-state index contributed by atoms with van der Waals surface area (Å²) in [6.07, 6.45) is 0. The van der Waals surface area contributed by atoms with Gasteiger partial charge in [-0.1, -0.05) is 0 Å². The molecule has 0 atom stereocenters. The Hall–Kier alpha value is -3.51. The van der Waals surface area contributed by atoms with Crippen molar-refractivity contribution in [3.05, 3.63) is 63.7 Å². The van der Waals surface area contributed by atoms with Crippen molar-refractivity contribution in [3.63, 3.8) is 0 Å². The molecule has 1 fully saturated rings. The summed E-state index contributed by atoms with van der Waals surface area (Å²) in [4.78, 5) is 35.9. The van der Waals surface area contributed by atoms with Crippen LogP contribution < -0.4 is 4.74 Å². The second-order valence-electron chi connectivity index (χ2n) is 7.26. The van der Waals surface area contributed by atoms with E-state index < -0.39 is 20.9 Å². The van der Waals surface area contributed by atoms with Crippen LogP contribution in [-0.4, -0.2) is 67.7 Å². The highest BCUT2D eigenvalue weighted by molar-refractivity contribution is 7.89. The number of nitro benzene ring substituents is 1. The molecule has 12 heteroatoms. The van der Waals surface area contributed by atoms with Crippen molar-refractivity contribution in [1.82, 2.24) is 9.21 Å². The van der Waals surface area contributed by atoms with E-state index in [1.807, 2.05) is 0 Å². The molecule has 0 aliphatic carbocycles. The minimum atomic E-state index is -3.77. The molecular formula is C21H23N3O8S. The van der Waals surface area contributed by atoms with Crippen LogP contribution >= 0.6 is 0 Å². The van der Waals surface area contributed by atoms with Gasteiger partial charge >= 0.3 is 5.97 Å². The molecule has 0 unspecified atom stereocenters. The van der Waals surface area contributed by atoms with E-state index in [2.05, 4.69) is 0 Å². The van der Waals surface area contributed by atoms with Crippen molar-refractivity contribution in [3.8, 4) is 5.75 Å². The van der Waals surface area contributed by atoms with Crippen molar-refractivity contribution in [2.24, 2.45) is 0 Å². The van der Waals surface area contributed by atoms with Crippen LogP contribution in [0.15, 0.2) is 47.4 Å². The molecule has 1 aliphatic heterocycles. The van der Waals surface area contributed by atoms with Gasteiger partial charge in [0.05, 0.1) is 22.5 Å². The third-order valence-corrected chi connectivity index (χ3v) is 7.16. The summed E-state index contributed by atoms with van der Waals surface area (Å²) in [7, 11) is -2.37. The average Bonchev–Trinajstić information content (AvgIpc) is 2.82. The van der Waals surface area contributed by atoms with Crippen LogP contribution in [0.2, 0.25) is 0 Å². The van der Waals surface area contributed by atoms with E-state index in [-0.39, 0.29) is 41.7 Å². The lowest BCUT2D eigenvalue weighted by molar-refractivity contribution is -0.385. The standard InChI is InChI=1S/C21H23N3O8S/c1-15(25)22-9-11-23(12-10-22)33(29,30)19-6-3-16(4-7-19)21(26)32-14-17-13-18(24(27)28)5-8-20(17)31-2/h3-8,13H,9-12,14H2,1-2H3. The van der Waals surface area contributed by atoms with Gasteiger partial charge in [-0.2, -0.15) is 4.31 Å². The largest absolute Gasteiger partial charge is 0.496 e. The van der Waals surface area contributed by atoms with Gasteiger partial charge in [-0.3, -0.25) is 14.9 Å². The molecule has 0 radical (unpaired) electrons. The predicted molar refractivity (Wildman–Crippen MR) is 116 cm³/mol. The van der Waals surface area contributed by atoms with Gasteiger partial charge in [0, 0.05) is 50.8 Å². The van der Waals surface area contributed by atoms with Crippen LogP contribution in [-0.2, 0) is 26.2 Å². The number of hydrogen-bond donors (Lipinski definition) is 0. The van der Waals surface area contributed by atoms with E-state index >= 15 is 0 Å². The van der Waals surface area contributed by atoms with Crippen molar-refractivity contribution >= 4 is 27.6 Å². The Morgan fingerprint density at radius 2 is 1.70 bits per heavy atom. The van der Waals surface area contributed by atoms with Gasteiger partial charge in [-0.05, 0) is 30.3 Å². The third kappa shape index (κ3) is 5.46. The zero-order valence-electron chi connectivity index (χ0n) is 18.1. The quantitative estimate of drug-likeness (QED) is 0.335. The van der Waals surface area contributed by atoms with E-state index in [9.17, 15) is 28.1 Å². The van der Waals surface area contributed by atoms with Gasteiger partial charge in [0.1, 0.15) is 12.4 Å².